The van der Waals surface area contributed by atoms with Crippen LogP contribution in [0.1, 0.15) is 6.42 Å². The second kappa shape index (κ2) is 3.60. The summed E-state index contributed by atoms with van der Waals surface area (Å²) in [6.07, 6.45) is 2.56. The predicted octanol–water partition coefficient (Wildman–Crippen LogP) is 0.938. The minimum Gasteiger partial charge on any atom is -0.285 e. The summed E-state index contributed by atoms with van der Waals surface area (Å²) in [5, 5.41) is 0. The summed E-state index contributed by atoms with van der Waals surface area (Å²) in [4.78, 5) is 0. The van der Waals surface area contributed by atoms with Gasteiger partial charge in [0.2, 0.25) is 0 Å². The fraction of sp³-hybridized carbons (Fsp3) is 0.667. The van der Waals surface area contributed by atoms with Crippen LogP contribution in [0.25, 0.3) is 0 Å². The van der Waals surface area contributed by atoms with E-state index in [9.17, 15) is 8.42 Å². The molecule has 0 aromatic heterocycles. The molecule has 0 bridgehead atoms. The van der Waals surface area contributed by atoms with E-state index in [1.807, 2.05) is 0 Å². The molecule has 1 heterocycles. The Kier molecular flexibility index (Phi) is 2.98. The van der Waals surface area contributed by atoms with Crippen LogP contribution in [0.15, 0.2) is 11.6 Å². The van der Waals surface area contributed by atoms with Gasteiger partial charge in [-0.2, -0.15) is 20.2 Å². The van der Waals surface area contributed by atoms with Crippen LogP contribution in [0.4, 0.5) is 0 Å². The van der Waals surface area contributed by atoms with Crippen LogP contribution in [0.2, 0.25) is 0 Å². The van der Waals surface area contributed by atoms with Gasteiger partial charge in [-0.3, -0.25) is 4.55 Å². The molecule has 1 aliphatic heterocycles. The van der Waals surface area contributed by atoms with Gasteiger partial charge in [0.05, 0.1) is 5.75 Å². The number of hydrogen-bond acceptors (Lipinski definition) is 3. The van der Waals surface area contributed by atoms with Crippen molar-refractivity contribution in [2.45, 2.75) is 6.42 Å². The third kappa shape index (κ3) is 3.79. The van der Waals surface area contributed by atoms with Crippen LogP contribution in [-0.2, 0) is 10.1 Å². The molecule has 0 amide bonds. The first-order valence-electron chi connectivity index (χ1n) is 3.29. The van der Waals surface area contributed by atoms with E-state index in [1.165, 1.54) is 0 Å². The fourth-order valence-electron chi connectivity index (χ4n) is 0.863. The van der Waals surface area contributed by atoms with Crippen molar-refractivity contribution in [2.24, 2.45) is 0 Å². The zero-order valence-electron chi connectivity index (χ0n) is 5.99. The van der Waals surface area contributed by atoms with Crippen molar-refractivity contribution in [3.8, 4) is 0 Å². The highest BCUT2D eigenvalue weighted by atomic mass is 32.2. The summed E-state index contributed by atoms with van der Waals surface area (Å²) >= 11 is 1.79. The van der Waals surface area contributed by atoms with E-state index in [-0.39, 0.29) is 5.75 Å². The summed E-state index contributed by atoms with van der Waals surface area (Å²) in [5.74, 6) is 1.75. The smallest absolute Gasteiger partial charge is 0.268 e. The normalized spacial score (nSPS) is 22.8. The molecule has 1 fully saturated rings. The summed E-state index contributed by atoms with van der Waals surface area (Å²) in [5.41, 5.74) is 1.13. The van der Waals surface area contributed by atoms with Gasteiger partial charge in [0.1, 0.15) is 0 Å². The molecule has 1 aliphatic rings. The highest BCUT2D eigenvalue weighted by Gasteiger charge is 2.08. The molecule has 0 aliphatic carbocycles. The average Bonchev–Trinajstić information content (AvgIpc) is 2.32. The third-order valence-corrected chi connectivity index (χ3v) is 3.09. The Balaban J connectivity index is 2.47. The minimum atomic E-state index is -3.80. The maximum atomic E-state index is 10.3. The second-order valence-electron chi connectivity index (χ2n) is 2.41. The molecular formula is C6H10O3S2. The van der Waals surface area contributed by atoms with Crippen molar-refractivity contribution in [1.29, 1.82) is 0 Å². The standard InChI is InChI=1S/C6H10O3S2/c7-11(8,9)4-2-6-1-3-10-5-6/h2H,1,3-5H2,(H,7,8,9)/b6-2+. The molecule has 11 heavy (non-hydrogen) atoms. The highest BCUT2D eigenvalue weighted by Crippen LogP contribution is 2.22. The number of rotatable bonds is 2. The van der Waals surface area contributed by atoms with Crippen molar-refractivity contribution < 1.29 is 13.0 Å². The quantitative estimate of drug-likeness (QED) is 0.525. The molecule has 0 aromatic carbocycles. The second-order valence-corrected chi connectivity index (χ2v) is 5.02. The summed E-state index contributed by atoms with van der Waals surface area (Å²) in [6.45, 7) is 0. The number of thioether (sulfide) groups is 1. The van der Waals surface area contributed by atoms with E-state index in [2.05, 4.69) is 0 Å². The van der Waals surface area contributed by atoms with Gasteiger partial charge >= 0.3 is 0 Å². The molecule has 1 rings (SSSR count). The molecule has 0 unspecified atom stereocenters. The zero-order valence-corrected chi connectivity index (χ0v) is 7.62. The third-order valence-electron chi connectivity index (χ3n) is 1.44. The van der Waals surface area contributed by atoms with Gasteiger partial charge in [-0.25, -0.2) is 0 Å². The Morgan fingerprint density at radius 3 is 2.82 bits per heavy atom. The molecule has 1 saturated heterocycles. The number of hydrogen-bond donors (Lipinski definition) is 1. The van der Waals surface area contributed by atoms with E-state index >= 15 is 0 Å². The Hall–Kier alpha value is -0.000000000000000111. The van der Waals surface area contributed by atoms with Crippen LogP contribution >= 0.6 is 11.8 Å². The lowest BCUT2D eigenvalue weighted by molar-refractivity contribution is 0.486. The Bertz CT molecular complexity index is 245. The van der Waals surface area contributed by atoms with E-state index in [1.54, 1.807) is 17.8 Å². The lowest BCUT2D eigenvalue weighted by Gasteiger charge is -1.92. The van der Waals surface area contributed by atoms with Gasteiger partial charge in [-0.1, -0.05) is 11.6 Å². The van der Waals surface area contributed by atoms with Crippen LogP contribution in [0.3, 0.4) is 0 Å². The van der Waals surface area contributed by atoms with Gasteiger partial charge < -0.3 is 0 Å². The molecule has 3 nitrogen and oxygen atoms in total. The van der Waals surface area contributed by atoms with E-state index < -0.39 is 10.1 Å². The van der Waals surface area contributed by atoms with Gasteiger partial charge in [0.15, 0.2) is 0 Å². The summed E-state index contributed by atoms with van der Waals surface area (Å²) < 4.78 is 29.0. The molecule has 0 spiro atoms. The van der Waals surface area contributed by atoms with Crippen LogP contribution in [0, 0.1) is 0 Å². The van der Waals surface area contributed by atoms with Gasteiger partial charge in [0.25, 0.3) is 10.1 Å². The van der Waals surface area contributed by atoms with Gasteiger partial charge in [-0.05, 0) is 12.2 Å². The fourth-order valence-corrected chi connectivity index (χ4v) is 2.38. The Labute approximate surface area is 70.6 Å². The first kappa shape index (κ1) is 9.09. The molecular weight excluding hydrogens is 184 g/mol. The zero-order chi connectivity index (χ0) is 8.32. The maximum absolute atomic E-state index is 10.3. The molecule has 5 heteroatoms. The van der Waals surface area contributed by atoms with E-state index in [0.29, 0.717) is 0 Å². The minimum absolute atomic E-state index is 0.233. The van der Waals surface area contributed by atoms with E-state index in [0.717, 1.165) is 23.5 Å². The van der Waals surface area contributed by atoms with Crippen LogP contribution in [0.5, 0.6) is 0 Å². The molecule has 0 aromatic rings. The largest absolute Gasteiger partial charge is 0.285 e. The van der Waals surface area contributed by atoms with Crippen molar-refractivity contribution in [1.82, 2.24) is 0 Å². The Morgan fingerprint density at radius 2 is 2.36 bits per heavy atom. The topological polar surface area (TPSA) is 54.4 Å². The summed E-state index contributed by atoms with van der Waals surface area (Å²) in [6, 6.07) is 0. The van der Waals surface area contributed by atoms with Crippen molar-refractivity contribution in [3.63, 3.8) is 0 Å². The van der Waals surface area contributed by atoms with Crippen molar-refractivity contribution in [3.05, 3.63) is 11.6 Å². The molecule has 0 saturated carbocycles. The maximum Gasteiger partial charge on any atom is 0.268 e. The lowest BCUT2D eigenvalue weighted by Crippen LogP contribution is -2.01. The van der Waals surface area contributed by atoms with E-state index in [4.69, 9.17) is 4.55 Å². The van der Waals surface area contributed by atoms with Crippen LogP contribution in [-0.4, -0.2) is 30.2 Å². The van der Waals surface area contributed by atoms with Crippen LogP contribution < -0.4 is 0 Å². The molecule has 1 N–H and O–H groups in total. The van der Waals surface area contributed by atoms with Gasteiger partial charge in [0, 0.05) is 5.75 Å². The predicted molar refractivity (Wildman–Crippen MR) is 46.4 cm³/mol. The SMILES string of the molecule is O=S(=O)(O)C/C=C1\CCSC1. The summed E-state index contributed by atoms with van der Waals surface area (Å²) in [7, 11) is -3.80. The first-order chi connectivity index (χ1) is 5.08. The first-order valence-corrected chi connectivity index (χ1v) is 6.05. The van der Waals surface area contributed by atoms with Crippen molar-refractivity contribution in [2.75, 3.05) is 17.3 Å². The molecule has 64 valence electrons. The van der Waals surface area contributed by atoms with Crippen molar-refractivity contribution >= 4 is 21.9 Å². The molecule has 0 atom stereocenters. The molecule has 0 radical (unpaired) electrons. The average molecular weight is 194 g/mol. The monoisotopic (exact) mass is 194 g/mol. The van der Waals surface area contributed by atoms with Gasteiger partial charge in [-0.15, -0.1) is 0 Å². The highest BCUT2D eigenvalue weighted by molar-refractivity contribution is 7.99. The Morgan fingerprint density at radius 1 is 1.64 bits per heavy atom. The lowest BCUT2D eigenvalue weighted by atomic mass is 10.2.